The maximum Gasteiger partial charge on any atom is 0.341 e. The first-order valence-electron chi connectivity index (χ1n) is 15.1. The highest BCUT2D eigenvalue weighted by molar-refractivity contribution is 6.35. The average molecular weight is 722 g/mol. The second-order valence-corrected chi connectivity index (χ2v) is 11.9. The van der Waals surface area contributed by atoms with E-state index in [1.54, 1.807) is 11.8 Å². The Kier molecular flexibility index (Phi) is 13.1. The minimum Gasteiger partial charge on any atom is -0.478 e. The van der Waals surface area contributed by atoms with Gasteiger partial charge in [-0.05, 0) is 6.92 Å². The number of carbonyl (C=O) groups excluding carboxylic acids is 3. The van der Waals surface area contributed by atoms with Gasteiger partial charge < -0.3 is 30.1 Å². The molecule has 1 amide bonds. The molecule has 48 heavy (non-hydrogen) atoms. The number of carboxylic acid groups (broad SMARTS) is 1. The minimum atomic E-state index is -1.03. The van der Waals surface area contributed by atoms with Crippen LogP contribution in [0.2, 0.25) is 15.1 Å². The number of aromatic carboxylic acids is 1. The molecule has 3 aliphatic heterocycles. The highest BCUT2D eigenvalue weighted by atomic mass is 35.5. The molecule has 0 aromatic carbocycles. The molecule has 256 valence electrons. The van der Waals surface area contributed by atoms with Gasteiger partial charge in [-0.2, -0.15) is 0 Å². The summed E-state index contributed by atoms with van der Waals surface area (Å²) in [6.45, 7) is 7.57. The number of methoxy groups -OCH3 is 1. The number of fused-ring (bicyclic) bond motifs is 3. The van der Waals surface area contributed by atoms with Crippen LogP contribution in [0.3, 0.4) is 0 Å². The molecule has 0 bridgehead atoms. The minimum absolute atomic E-state index is 0.0109. The molecule has 0 spiro atoms. The van der Waals surface area contributed by atoms with Crippen molar-refractivity contribution < 1.29 is 33.8 Å². The Morgan fingerprint density at radius 3 is 1.77 bits per heavy atom. The zero-order chi connectivity index (χ0) is 35.0. The van der Waals surface area contributed by atoms with Crippen LogP contribution in [0.4, 0.5) is 0 Å². The highest BCUT2D eigenvalue weighted by Crippen LogP contribution is 2.29. The topological polar surface area (TPSA) is 173 Å². The molecule has 0 saturated heterocycles. The maximum atomic E-state index is 11.7. The molecule has 3 aromatic rings. The Hall–Kier alpha value is -3.88. The van der Waals surface area contributed by atoms with Crippen molar-refractivity contribution in [3.63, 3.8) is 0 Å². The summed E-state index contributed by atoms with van der Waals surface area (Å²) < 4.78 is 9.55. The van der Waals surface area contributed by atoms with Crippen LogP contribution in [0.5, 0.6) is 0 Å². The zero-order valence-corrected chi connectivity index (χ0v) is 28.9. The molecular formula is C32H35Cl3N6O7. The van der Waals surface area contributed by atoms with E-state index in [1.165, 1.54) is 32.6 Å². The molecule has 0 fully saturated rings. The molecule has 0 radical (unpaired) electrons. The molecule has 3 N–H and O–H groups in total. The molecule has 0 atom stereocenters. The zero-order valence-electron chi connectivity index (χ0n) is 26.6. The first-order chi connectivity index (χ1) is 23.0. The number of amides is 1. The van der Waals surface area contributed by atoms with Crippen LogP contribution in [-0.4, -0.2) is 82.1 Å². The van der Waals surface area contributed by atoms with E-state index >= 15 is 0 Å². The van der Waals surface area contributed by atoms with Gasteiger partial charge in [-0.3, -0.25) is 19.7 Å². The quantitative estimate of drug-likeness (QED) is 0.331. The fourth-order valence-corrected chi connectivity index (χ4v) is 6.14. The highest BCUT2D eigenvalue weighted by Gasteiger charge is 2.25. The SMILES string of the molecule is CCOC(=O)c1cnc2c(c1Cl)CN(C(C)=O)CC2.COC(=O)c1cnc2c(c1Cl)CNCC2.O=C(O)c1cnc2c(c1Cl)CNCC2. The molecule has 0 aliphatic carbocycles. The van der Waals surface area contributed by atoms with Crippen molar-refractivity contribution in [1.82, 2.24) is 30.5 Å². The van der Waals surface area contributed by atoms with E-state index < -0.39 is 17.9 Å². The molecule has 16 heteroatoms. The van der Waals surface area contributed by atoms with E-state index in [-0.39, 0.29) is 23.6 Å². The first kappa shape index (κ1) is 36.9. The van der Waals surface area contributed by atoms with Gasteiger partial charge in [-0.1, -0.05) is 34.8 Å². The Balaban J connectivity index is 0.000000165. The van der Waals surface area contributed by atoms with Crippen LogP contribution >= 0.6 is 34.8 Å². The van der Waals surface area contributed by atoms with E-state index in [1.807, 2.05) is 0 Å². The monoisotopic (exact) mass is 720 g/mol. The molecular weight excluding hydrogens is 687 g/mol. The van der Waals surface area contributed by atoms with Gasteiger partial charge in [0.1, 0.15) is 0 Å². The van der Waals surface area contributed by atoms with E-state index in [9.17, 15) is 19.2 Å². The van der Waals surface area contributed by atoms with Gasteiger partial charge in [0.05, 0.1) is 45.5 Å². The summed E-state index contributed by atoms with van der Waals surface area (Å²) in [6, 6.07) is 0. The Morgan fingerprint density at radius 2 is 1.27 bits per heavy atom. The van der Waals surface area contributed by atoms with Crippen molar-refractivity contribution >= 4 is 58.6 Å². The van der Waals surface area contributed by atoms with E-state index in [0.29, 0.717) is 53.2 Å². The summed E-state index contributed by atoms with van der Waals surface area (Å²) in [5.41, 5.74) is 5.85. The van der Waals surface area contributed by atoms with Crippen LogP contribution in [0.1, 0.15) is 78.7 Å². The molecule has 13 nitrogen and oxygen atoms in total. The summed E-state index contributed by atoms with van der Waals surface area (Å²) in [4.78, 5) is 59.5. The van der Waals surface area contributed by atoms with E-state index in [0.717, 1.165) is 59.7 Å². The molecule has 3 aliphatic rings. The summed E-state index contributed by atoms with van der Waals surface area (Å²) in [6.07, 6.45) is 6.55. The lowest BCUT2D eigenvalue weighted by Crippen LogP contribution is -2.35. The lowest BCUT2D eigenvalue weighted by Gasteiger charge is -2.28. The van der Waals surface area contributed by atoms with Crippen molar-refractivity contribution in [3.8, 4) is 0 Å². The van der Waals surface area contributed by atoms with Crippen molar-refractivity contribution in [3.05, 3.63) is 84.1 Å². The van der Waals surface area contributed by atoms with Gasteiger partial charge in [0.25, 0.3) is 0 Å². The molecule has 0 saturated carbocycles. The van der Waals surface area contributed by atoms with E-state index in [2.05, 4.69) is 30.3 Å². The normalized spacial score (nSPS) is 14.4. The predicted molar refractivity (Wildman–Crippen MR) is 178 cm³/mol. The van der Waals surface area contributed by atoms with Crippen LogP contribution in [0, 0.1) is 0 Å². The van der Waals surface area contributed by atoms with Crippen LogP contribution in [0.15, 0.2) is 18.6 Å². The lowest BCUT2D eigenvalue weighted by molar-refractivity contribution is -0.129. The summed E-state index contributed by atoms with van der Waals surface area (Å²) in [5.74, 6) is -1.97. The van der Waals surface area contributed by atoms with Crippen molar-refractivity contribution in [2.24, 2.45) is 0 Å². The second kappa shape index (κ2) is 17.0. The second-order valence-electron chi connectivity index (χ2n) is 10.8. The molecule has 6 rings (SSSR count). The number of hydrogen-bond acceptors (Lipinski definition) is 11. The summed E-state index contributed by atoms with van der Waals surface area (Å²) >= 11 is 18.3. The molecule has 0 unspecified atom stereocenters. The predicted octanol–water partition coefficient (Wildman–Crippen LogP) is 4.06. The number of rotatable bonds is 4. The lowest BCUT2D eigenvalue weighted by atomic mass is 10.0. The number of pyridine rings is 3. The van der Waals surface area contributed by atoms with Gasteiger partial charge in [0.2, 0.25) is 5.91 Å². The summed E-state index contributed by atoms with van der Waals surface area (Å²) in [5, 5.41) is 16.3. The van der Waals surface area contributed by atoms with Gasteiger partial charge in [0, 0.05) is 118 Å². The summed E-state index contributed by atoms with van der Waals surface area (Å²) in [7, 11) is 1.33. The Morgan fingerprint density at radius 1 is 0.792 bits per heavy atom. The Labute approximate surface area is 292 Å². The third kappa shape index (κ3) is 8.58. The fraction of sp³-hybridized carbons (Fsp3) is 0.406. The van der Waals surface area contributed by atoms with Crippen molar-refractivity contribution in [1.29, 1.82) is 0 Å². The van der Waals surface area contributed by atoms with Crippen molar-refractivity contribution in [2.45, 2.75) is 52.7 Å². The number of nitrogens with one attached hydrogen (secondary N) is 2. The van der Waals surface area contributed by atoms with E-state index in [4.69, 9.17) is 44.6 Å². The largest absolute Gasteiger partial charge is 0.478 e. The van der Waals surface area contributed by atoms with Gasteiger partial charge in [-0.25, -0.2) is 14.4 Å². The number of ether oxygens (including phenoxy) is 2. The third-order valence-electron chi connectivity index (χ3n) is 7.82. The number of hydrogen-bond donors (Lipinski definition) is 3. The third-order valence-corrected chi connectivity index (χ3v) is 9.12. The van der Waals surface area contributed by atoms with Crippen LogP contribution in [-0.2, 0) is 53.2 Å². The van der Waals surface area contributed by atoms with Gasteiger partial charge in [0.15, 0.2) is 0 Å². The molecule has 6 heterocycles. The number of carbonyl (C=O) groups is 4. The fourth-order valence-electron chi connectivity index (χ4n) is 5.24. The number of nitrogens with zero attached hydrogens (tertiary/aromatic N) is 4. The van der Waals surface area contributed by atoms with Crippen LogP contribution < -0.4 is 10.6 Å². The number of esters is 2. The molecule has 3 aromatic heterocycles. The van der Waals surface area contributed by atoms with Crippen molar-refractivity contribution in [2.75, 3.05) is 33.4 Å². The number of carboxylic acids is 1. The average Bonchev–Trinajstić information content (AvgIpc) is 3.09. The maximum absolute atomic E-state index is 11.7. The smallest absolute Gasteiger partial charge is 0.341 e. The Bertz CT molecular complexity index is 1720. The number of aromatic nitrogens is 3. The first-order valence-corrected chi connectivity index (χ1v) is 16.3. The van der Waals surface area contributed by atoms with Gasteiger partial charge >= 0.3 is 17.9 Å². The van der Waals surface area contributed by atoms with Crippen LogP contribution in [0.25, 0.3) is 0 Å². The van der Waals surface area contributed by atoms with Gasteiger partial charge in [-0.15, -0.1) is 0 Å². The number of halogens is 3. The standard InChI is InChI=1S/C13H15ClN2O3.C10H11ClN2O2.C9H9ClN2O2/c1-3-19-13(18)9-6-15-11-4-5-16(8(2)17)7-10(11)12(9)14;1-15-10(14)7-5-13-8-2-3-12-4-6(8)9(7)11;10-8-5-3-11-2-1-7(5)12-4-6(8)9(13)14/h6H,3-5,7H2,1-2H3;5,12H,2-4H2,1H3;4,11H,1-3H2,(H,13,14).